The van der Waals surface area contributed by atoms with Gasteiger partial charge >= 0.3 is 0 Å². The van der Waals surface area contributed by atoms with Crippen molar-refractivity contribution in [2.45, 2.75) is 27.1 Å². The average Bonchev–Trinajstić information content (AvgIpc) is 3.30. The highest BCUT2D eigenvalue weighted by Crippen LogP contribution is 2.34. The van der Waals surface area contributed by atoms with Crippen LogP contribution in [0, 0.1) is 13.8 Å². The highest BCUT2D eigenvalue weighted by Gasteiger charge is 2.19. The second kappa shape index (κ2) is 10.3. The van der Waals surface area contributed by atoms with E-state index in [1.165, 1.54) is 18.6 Å². The van der Waals surface area contributed by atoms with Crippen molar-refractivity contribution in [2.75, 3.05) is 12.4 Å². The van der Waals surface area contributed by atoms with Gasteiger partial charge in [0, 0.05) is 23.0 Å². The molecule has 0 unspecified atom stereocenters. The molecule has 4 aromatic rings. The molecule has 3 aromatic heterocycles. The first kappa shape index (κ1) is 23.2. The lowest BCUT2D eigenvalue weighted by Crippen LogP contribution is -2.14. The number of ether oxygens (including phenoxy) is 2. The van der Waals surface area contributed by atoms with Crippen LogP contribution in [0.25, 0.3) is 11.1 Å². The molecular formula is C23H22N6O4S. The minimum Gasteiger partial charge on any atom is -0.496 e. The number of carbonyl (C=O) groups is 1. The number of aromatic nitrogens is 5. The van der Waals surface area contributed by atoms with Crippen LogP contribution in [0.4, 0.5) is 5.13 Å². The van der Waals surface area contributed by atoms with E-state index in [-0.39, 0.29) is 29.4 Å². The van der Waals surface area contributed by atoms with Gasteiger partial charge in [0.25, 0.3) is 11.1 Å². The van der Waals surface area contributed by atoms with Crippen LogP contribution in [0.3, 0.4) is 0 Å². The molecule has 34 heavy (non-hydrogen) atoms. The third-order valence-electron chi connectivity index (χ3n) is 4.82. The number of aryl methyl sites for hydroxylation is 2. The number of hydrogen-bond donors (Lipinski definition) is 2. The fraction of sp³-hybridized carbons (Fsp3) is 0.217. The SMILES string of the molecule is COc1ccc(C)cc1-c1cc(C)ncc1C(=O)Nc1nnc(OCc2cnc(CO)cn2)s1. The number of rotatable bonds is 8. The van der Waals surface area contributed by atoms with Crippen LogP contribution in [0.2, 0.25) is 0 Å². The molecule has 10 nitrogen and oxygen atoms in total. The van der Waals surface area contributed by atoms with Gasteiger partial charge in [-0.2, -0.15) is 0 Å². The first-order chi connectivity index (χ1) is 16.5. The van der Waals surface area contributed by atoms with E-state index in [0.29, 0.717) is 28.3 Å². The standard InChI is InChI=1S/C23H22N6O4S/c1-13-4-5-20(32-3)18(6-13)17-7-14(2)24-10-19(17)21(31)27-22-28-29-23(34-22)33-12-16-9-25-15(11-30)8-26-16/h4-10,30H,11-12H2,1-3H3,(H,27,28,31). The monoisotopic (exact) mass is 478 g/mol. The van der Waals surface area contributed by atoms with E-state index in [1.54, 1.807) is 7.11 Å². The summed E-state index contributed by atoms with van der Waals surface area (Å²) in [5.74, 6) is 0.284. The third-order valence-corrected chi connectivity index (χ3v) is 5.57. The summed E-state index contributed by atoms with van der Waals surface area (Å²) in [4.78, 5) is 25.6. The first-order valence-corrected chi connectivity index (χ1v) is 11.1. The Morgan fingerprint density at radius 2 is 1.82 bits per heavy atom. The maximum absolute atomic E-state index is 13.1. The van der Waals surface area contributed by atoms with Crippen molar-refractivity contribution >= 4 is 22.4 Å². The number of pyridine rings is 1. The van der Waals surface area contributed by atoms with Crippen molar-refractivity contribution in [2.24, 2.45) is 0 Å². The summed E-state index contributed by atoms with van der Waals surface area (Å²) in [5, 5.41) is 20.3. The molecule has 0 radical (unpaired) electrons. The van der Waals surface area contributed by atoms with Gasteiger partial charge in [-0.3, -0.25) is 25.1 Å². The van der Waals surface area contributed by atoms with Gasteiger partial charge < -0.3 is 14.6 Å². The van der Waals surface area contributed by atoms with Crippen LogP contribution in [-0.2, 0) is 13.2 Å². The number of amides is 1. The smallest absolute Gasteiger partial charge is 0.296 e. The minimum absolute atomic E-state index is 0.125. The Kier molecular flexibility index (Phi) is 7.04. The lowest BCUT2D eigenvalue weighted by molar-refractivity contribution is 0.102. The zero-order valence-corrected chi connectivity index (χ0v) is 19.6. The number of aliphatic hydroxyl groups is 1. The van der Waals surface area contributed by atoms with E-state index in [4.69, 9.17) is 14.6 Å². The van der Waals surface area contributed by atoms with Crippen LogP contribution in [0.15, 0.2) is 42.9 Å². The lowest BCUT2D eigenvalue weighted by Gasteiger charge is -2.14. The number of aliphatic hydroxyl groups excluding tert-OH is 1. The normalized spacial score (nSPS) is 10.7. The van der Waals surface area contributed by atoms with Crippen LogP contribution >= 0.6 is 11.3 Å². The van der Waals surface area contributed by atoms with E-state index in [0.717, 1.165) is 28.2 Å². The predicted molar refractivity (Wildman–Crippen MR) is 126 cm³/mol. The fourth-order valence-electron chi connectivity index (χ4n) is 3.15. The van der Waals surface area contributed by atoms with Crippen LogP contribution in [-0.4, -0.2) is 43.3 Å². The summed E-state index contributed by atoms with van der Waals surface area (Å²) in [5.41, 5.74) is 4.74. The van der Waals surface area contributed by atoms with E-state index >= 15 is 0 Å². The number of anilines is 1. The van der Waals surface area contributed by atoms with Gasteiger partial charge in [-0.1, -0.05) is 16.7 Å². The summed E-state index contributed by atoms with van der Waals surface area (Å²) in [7, 11) is 1.59. The quantitative estimate of drug-likeness (QED) is 0.391. The van der Waals surface area contributed by atoms with E-state index in [2.05, 4.69) is 30.5 Å². The molecule has 0 saturated heterocycles. The molecule has 0 saturated carbocycles. The summed E-state index contributed by atoms with van der Waals surface area (Å²) >= 11 is 1.09. The topological polar surface area (TPSA) is 132 Å². The first-order valence-electron chi connectivity index (χ1n) is 10.3. The molecule has 0 bridgehead atoms. The Bertz CT molecular complexity index is 1310. The summed E-state index contributed by atoms with van der Waals surface area (Å²) in [6.45, 7) is 3.79. The maximum Gasteiger partial charge on any atom is 0.296 e. The predicted octanol–water partition coefficient (Wildman–Crippen LogP) is 3.34. The molecule has 174 valence electrons. The van der Waals surface area contributed by atoms with Crippen LogP contribution < -0.4 is 14.8 Å². The number of nitrogens with zero attached hydrogens (tertiary/aromatic N) is 5. The Hall–Kier alpha value is -3.96. The molecular weight excluding hydrogens is 456 g/mol. The number of hydrogen-bond acceptors (Lipinski definition) is 10. The van der Waals surface area contributed by atoms with Gasteiger partial charge in [-0.05, 0) is 43.4 Å². The molecule has 0 atom stereocenters. The number of nitrogens with one attached hydrogen (secondary N) is 1. The van der Waals surface area contributed by atoms with Crippen molar-refractivity contribution in [3.05, 3.63) is 71.1 Å². The fourth-order valence-corrected chi connectivity index (χ4v) is 3.74. The van der Waals surface area contributed by atoms with Crippen LogP contribution in [0.5, 0.6) is 10.9 Å². The molecule has 3 heterocycles. The molecule has 0 spiro atoms. The number of carbonyl (C=O) groups excluding carboxylic acids is 1. The van der Waals surface area contributed by atoms with Crippen LogP contribution in [0.1, 0.15) is 33.0 Å². The lowest BCUT2D eigenvalue weighted by atomic mass is 9.97. The zero-order valence-electron chi connectivity index (χ0n) is 18.8. The van der Waals surface area contributed by atoms with Gasteiger partial charge in [0.05, 0.1) is 43.1 Å². The largest absolute Gasteiger partial charge is 0.496 e. The summed E-state index contributed by atoms with van der Waals surface area (Å²) < 4.78 is 11.1. The van der Waals surface area contributed by atoms with Gasteiger partial charge in [-0.25, -0.2) is 0 Å². The van der Waals surface area contributed by atoms with Gasteiger partial charge in [0.1, 0.15) is 12.4 Å². The summed E-state index contributed by atoms with van der Waals surface area (Å²) in [6.07, 6.45) is 4.52. The van der Waals surface area contributed by atoms with Crippen molar-refractivity contribution in [1.29, 1.82) is 0 Å². The number of benzene rings is 1. The van der Waals surface area contributed by atoms with Crippen molar-refractivity contribution < 1.29 is 19.4 Å². The van der Waals surface area contributed by atoms with Gasteiger partial charge in [-0.15, -0.1) is 5.10 Å². The molecule has 11 heteroatoms. The Labute approximate surface area is 199 Å². The van der Waals surface area contributed by atoms with Gasteiger partial charge in [0.15, 0.2) is 0 Å². The van der Waals surface area contributed by atoms with E-state index in [9.17, 15) is 4.79 Å². The van der Waals surface area contributed by atoms with Crippen molar-refractivity contribution in [1.82, 2.24) is 25.1 Å². The number of methoxy groups -OCH3 is 1. The second-order valence-electron chi connectivity index (χ2n) is 7.35. The molecule has 0 fully saturated rings. The summed E-state index contributed by atoms with van der Waals surface area (Å²) in [6, 6.07) is 7.64. The average molecular weight is 479 g/mol. The highest BCUT2D eigenvalue weighted by atomic mass is 32.1. The Morgan fingerprint density at radius 3 is 2.56 bits per heavy atom. The molecule has 0 aliphatic heterocycles. The van der Waals surface area contributed by atoms with Crippen molar-refractivity contribution in [3.8, 4) is 22.1 Å². The van der Waals surface area contributed by atoms with E-state index < -0.39 is 0 Å². The molecule has 0 aliphatic carbocycles. The second-order valence-corrected chi connectivity index (χ2v) is 8.29. The molecule has 2 N–H and O–H groups in total. The molecule has 1 aromatic carbocycles. The maximum atomic E-state index is 13.1. The minimum atomic E-state index is -0.376. The Balaban J connectivity index is 1.50. The Morgan fingerprint density at radius 1 is 1.03 bits per heavy atom. The third kappa shape index (κ3) is 5.33. The zero-order chi connectivity index (χ0) is 24.1. The highest BCUT2D eigenvalue weighted by molar-refractivity contribution is 7.17. The molecule has 0 aliphatic rings. The molecule has 4 rings (SSSR count). The van der Waals surface area contributed by atoms with Gasteiger partial charge in [0.2, 0.25) is 5.13 Å². The van der Waals surface area contributed by atoms with Crippen molar-refractivity contribution in [3.63, 3.8) is 0 Å². The molecule has 1 amide bonds. The van der Waals surface area contributed by atoms with E-state index in [1.807, 2.05) is 38.1 Å².